The van der Waals surface area contributed by atoms with E-state index in [1.807, 2.05) is 0 Å². The maximum absolute atomic E-state index is 12.8. The molecule has 1 aliphatic rings. The minimum atomic E-state index is -0.0914. The Balaban J connectivity index is 1.88. The van der Waals surface area contributed by atoms with Crippen LogP contribution in [0.15, 0.2) is 21.4 Å². The summed E-state index contributed by atoms with van der Waals surface area (Å²) in [6.45, 7) is 0. The standard InChI is InChI=1S/C19H19BrN2O3S/c1-25-13-9-10(8-12(20)16(13)23)17-21-18(24)15-11-6-4-2-3-5-7-14(11)26-19(15)22-17/h8-9,23H,2-7H2,1H3,(H,21,22,24). The molecule has 0 saturated heterocycles. The van der Waals surface area contributed by atoms with Gasteiger partial charge in [0.25, 0.3) is 5.56 Å². The van der Waals surface area contributed by atoms with E-state index in [-0.39, 0.29) is 11.3 Å². The first kappa shape index (κ1) is 17.5. The van der Waals surface area contributed by atoms with Crippen molar-refractivity contribution < 1.29 is 9.84 Å². The maximum atomic E-state index is 12.8. The molecule has 1 aliphatic carbocycles. The number of phenols is 1. The number of rotatable bonds is 2. The van der Waals surface area contributed by atoms with Crippen molar-refractivity contribution in [2.24, 2.45) is 0 Å². The third-order valence-corrected chi connectivity index (χ3v) is 6.64. The lowest BCUT2D eigenvalue weighted by Gasteiger charge is -2.09. The Morgan fingerprint density at radius 2 is 2.00 bits per heavy atom. The SMILES string of the molecule is COc1cc(-c2nc3sc4c(c3c(=O)[nH]2)CCCCCC4)cc(Br)c1O. The number of aromatic hydroxyl groups is 1. The molecule has 7 heteroatoms. The Morgan fingerprint density at radius 1 is 1.23 bits per heavy atom. The van der Waals surface area contributed by atoms with Crippen LogP contribution in [0.3, 0.4) is 0 Å². The fourth-order valence-electron chi connectivity index (χ4n) is 3.52. The molecule has 136 valence electrons. The van der Waals surface area contributed by atoms with Gasteiger partial charge >= 0.3 is 0 Å². The van der Waals surface area contributed by atoms with Crippen LogP contribution in [-0.2, 0) is 12.8 Å². The molecule has 0 spiro atoms. The van der Waals surface area contributed by atoms with Crippen LogP contribution in [0, 0.1) is 0 Å². The van der Waals surface area contributed by atoms with Crippen molar-refractivity contribution in [3.05, 3.63) is 37.4 Å². The summed E-state index contributed by atoms with van der Waals surface area (Å²) < 4.78 is 5.70. The minimum Gasteiger partial charge on any atom is -0.503 e. The second-order valence-corrected chi connectivity index (χ2v) is 8.46. The molecule has 0 unspecified atom stereocenters. The van der Waals surface area contributed by atoms with Crippen LogP contribution in [0.1, 0.15) is 36.1 Å². The van der Waals surface area contributed by atoms with Gasteiger partial charge in [-0.3, -0.25) is 4.79 Å². The van der Waals surface area contributed by atoms with Crippen LogP contribution in [0.2, 0.25) is 0 Å². The molecule has 3 aromatic rings. The Hall–Kier alpha value is -1.86. The second-order valence-electron chi connectivity index (χ2n) is 6.52. The fraction of sp³-hybridized carbons (Fsp3) is 0.368. The zero-order valence-electron chi connectivity index (χ0n) is 14.4. The van der Waals surface area contributed by atoms with Gasteiger partial charge in [0.05, 0.1) is 17.0 Å². The van der Waals surface area contributed by atoms with E-state index in [2.05, 4.69) is 20.9 Å². The van der Waals surface area contributed by atoms with Gasteiger partial charge in [0.15, 0.2) is 11.5 Å². The van der Waals surface area contributed by atoms with E-state index in [1.54, 1.807) is 23.5 Å². The molecule has 0 atom stereocenters. The van der Waals surface area contributed by atoms with Crippen molar-refractivity contribution in [1.29, 1.82) is 0 Å². The molecule has 4 rings (SSSR count). The van der Waals surface area contributed by atoms with E-state index in [1.165, 1.54) is 36.8 Å². The molecule has 0 aliphatic heterocycles. The molecule has 0 amide bonds. The number of H-pyrrole nitrogens is 1. The first-order chi connectivity index (χ1) is 12.6. The molecule has 0 saturated carbocycles. The summed E-state index contributed by atoms with van der Waals surface area (Å²) in [6.07, 6.45) is 6.77. The van der Waals surface area contributed by atoms with Gasteiger partial charge in [-0.2, -0.15) is 0 Å². The number of aryl methyl sites for hydroxylation is 2. The number of hydrogen-bond acceptors (Lipinski definition) is 5. The molecule has 2 aromatic heterocycles. The number of nitrogens with zero attached hydrogens (tertiary/aromatic N) is 1. The molecule has 2 heterocycles. The molecule has 26 heavy (non-hydrogen) atoms. The van der Waals surface area contributed by atoms with Crippen LogP contribution in [-0.4, -0.2) is 22.2 Å². The third kappa shape index (κ3) is 3.03. The van der Waals surface area contributed by atoms with Crippen molar-refractivity contribution in [3.8, 4) is 22.9 Å². The van der Waals surface area contributed by atoms with Crippen molar-refractivity contribution >= 4 is 37.5 Å². The van der Waals surface area contributed by atoms with Gasteiger partial charge in [0.2, 0.25) is 0 Å². The highest BCUT2D eigenvalue weighted by atomic mass is 79.9. The predicted octanol–water partition coefficient (Wildman–Crippen LogP) is 4.79. The highest BCUT2D eigenvalue weighted by Gasteiger charge is 2.19. The first-order valence-corrected chi connectivity index (χ1v) is 10.3. The van der Waals surface area contributed by atoms with Crippen LogP contribution in [0.25, 0.3) is 21.6 Å². The van der Waals surface area contributed by atoms with E-state index in [4.69, 9.17) is 9.72 Å². The molecule has 5 nitrogen and oxygen atoms in total. The zero-order chi connectivity index (χ0) is 18.3. The van der Waals surface area contributed by atoms with Gasteiger partial charge < -0.3 is 14.8 Å². The van der Waals surface area contributed by atoms with E-state index in [9.17, 15) is 9.90 Å². The van der Waals surface area contributed by atoms with Crippen LogP contribution < -0.4 is 10.3 Å². The Labute approximate surface area is 163 Å². The van der Waals surface area contributed by atoms with Gasteiger partial charge in [0.1, 0.15) is 10.7 Å². The number of hydrogen-bond donors (Lipinski definition) is 2. The third-order valence-electron chi connectivity index (χ3n) is 4.85. The lowest BCUT2D eigenvalue weighted by Crippen LogP contribution is -2.10. The number of aromatic nitrogens is 2. The zero-order valence-corrected chi connectivity index (χ0v) is 16.8. The van der Waals surface area contributed by atoms with Gasteiger partial charge in [-0.15, -0.1) is 11.3 Å². The topological polar surface area (TPSA) is 75.2 Å². The number of phenolic OH excluding ortho intramolecular Hbond substituents is 1. The van der Waals surface area contributed by atoms with Gasteiger partial charge in [-0.25, -0.2) is 4.98 Å². The number of nitrogens with one attached hydrogen (secondary N) is 1. The van der Waals surface area contributed by atoms with Crippen molar-refractivity contribution in [2.45, 2.75) is 38.5 Å². The lowest BCUT2D eigenvalue weighted by molar-refractivity contribution is 0.372. The fourth-order valence-corrected chi connectivity index (χ4v) is 5.22. The highest BCUT2D eigenvalue weighted by Crippen LogP contribution is 2.38. The number of fused-ring (bicyclic) bond motifs is 3. The van der Waals surface area contributed by atoms with Crippen LogP contribution >= 0.6 is 27.3 Å². The van der Waals surface area contributed by atoms with Crippen LogP contribution in [0.5, 0.6) is 11.5 Å². The van der Waals surface area contributed by atoms with Gasteiger partial charge in [-0.05, 0) is 59.3 Å². The summed E-state index contributed by atoms with van der Waals surface area (Å²) in [5.74, 6) is 0.838. The summed E-state index contributed by atoms with van der Waals surface area (Å²) in [6, 6.07) is 3.40. The molecular weight excluding hydrogens is 416 g/mol. The lowest BCUT2D eigenvalue weighted by atomic mass is 9.98. The number of ether oxygens (including phenoxy) is 1. The first-order valence-electron chi connectivity index (χ1n) is 8.70. The maximum Gasteiger partial charge on any atom is 0.260 e. The van der Waals surface area contributed by atoms with E-state index in [0.717, 1.165) is 29.5 Å². The normalized spacial score (nSPS) is 14.7. The number of halogens is 1. The van der Waals surface area contributed by atoms with E-state index >= 15 is 0 Å². The predicted molar refractivity (Wildman–Crippen MR) is 107 cm³/mol. The molecule has 0 bridgehead atoms. The number of benzene rings is 1. The molecule has 0 radical (unpaired) electrons. The Bertz CT molecular complexity index is 1040. The average Bonchev–Trinajstić information content (AvgIpc) is 2.94. The molecule has 0 fully saturated rings. The molecule has 1 aromatic carbocycles. The summed E-state index contributed by atoms with van der Waals surface area (Å²) >= 11 is 4.96. The van der Waals surface area contributed by atoms with Crippen molar-refractivity contribution in [1.82, 2.24) is 9.97 Å². The summed E-state index contributed by atoms with van der Waals surface area (Å²) in [5.41, 5.74) is 1.78. The Kier molecular flexibility index (Phi) is 4.75. The number of thiophene rings is 1. The summed E-state index contributed by atoms with van der Waals surface area (Å²) in [4.78, 5) is 22.6. The monoisotopic (exact) mass is 434 g/mol. The minimum absolute atomic E-state index is 0.0266. The number of methoxy groups -OCH3 is 1. The van der Waals surface area contributed by atoms with E-state index in [0.29, 0.717) is 21.6 Å². The highest BCUT2D eigenvalue weighted by molar-refractivity contribution is 9.10. The Morgan fingerprint density at radius 3 is 2.77 bits per heavy atom. The summed E-state index contributed by atoms with van der Waals surface area (Å²) in [7, 11) is 1.49. The van der Waals surface area contributed by atoms with Gasteiger partial charge in [-0.1, -0.05) is 12.8 Å². The van der Waals surface area contributed by atoms with Gasteiger partial charge in [0, 0.05) is 10.4 Å². The second kappa shape index (κ2) is 7.04. The summed E-state index contributed by atoms with van der Waals surface area (Å²) in [5, 5.41) is 10.7. The molecular formula is C19H19BrN2O3S. The van der Waals surface area contributed by atoms with Crippen LogP contribution in [0.4, 0.5) is 0 Å². The quantitative estimate of drug-likeness (QED) is 0.607. The van der Waals surface area contributed by atoms with Crippen molar-refractivity contribution in [2.75, 3.05) is 7.11 Å². The molecule has 2 N–H and O–H groups in total. The smallest absolute Gasteiger partial charge is 0.260 e. The van der Waals surface area contributed by atoms with E-state index < -0.39 is 0 Å². The largest absolute Gasteiger partial charge is 0.503 e. The number of aromatic amines is 1. The average molecular weight is 435 g/mol. The van der Waals surface area contributed by atoms with Crippen molar-refractivity contribution in [3.63, 3.8) is 0 Å².